The Balaban J connectivity index is 1.24. The Hall–Kier alpha value is -4.07. The van der Waals surface area contributed by atoms with Gasteiger partial charge in [0.25, 0.3) is 0 Å². The van der Waals surface area contributed by atoms with Crippen LogP contribution in [-0.2, 0) is 4.79 Å². The van der Waals surface area contributed by atoms with Gasteiger partial charge in [0.05, 0.1) is 0 Å². The number of nitrogens with one attached hydrogen (secondary N) is 3. The molecule has 0 radical (unpaired) electrons. The van der Waals surface area contributed by atoms with Crippen molar-refractivity contribution in [2.75, 3.05) is 30.5 Å². The molecule has 32 heavy (non-hydrogen) atoms. The summed E-state index contributed by atoms with van der Waals surface area (Å²) in [5.74, 6) is 2.43. The summed E-state index contributed by atoms with van der Waals surface area (Å²) in [5.41, 5.74) is 3.86. The van der Waals surface area contributed by atoms with Gasteiger partial charge in [0.1, 0.15) is 5.82 Å². The van der Waals surface area contributed by atoms with E-state index in [1.165, 1.54) is 11.6 Å². The van der Waals surface area contributed by atoms with Gasteiger partial charge in [-0.05, 0) is 49.8 Å². The highest BCUT2D eigenvalue weighted by atomic mass is 16.7. The molecule has 1 aromatic heterocycles. The van der Waals surface area contributed by atoms with Crippen LogP contribution in [0, 0.1) is 13.8 Å². The number of ether oxygens (including phenoxy) is 2. The van der Waals surface area contributed by atoms with Crippen molar-refractivity contribution in [1.29, 1.82) is 0 Å². The zero-order chi connectivity index (χ0) is 22.3. The van der Waals surface area contributed by atoms with Crippen LogP contribution in [-0.4, -0.2) is 35.8 Å². The summed E-state index contributed by atoms with van der Waals surface area (Å²) in [4.78, 5) is 21.0. The van der Waals surface area contributed by atoms with Crippen molar-refractivity contribution in [3.8, 4) is 11.5 Å². The van der Waals surface area contributed by atoms with Crippen LogP contribution < -0.4 is 25.4 Å². The van der Waals surface area contributed by atoms with E-state index in [2.05, 4.69) is 25.9 Å². The number of benzene rings is 2. The molecular formula is C24H25N5O3. The molecule has 0 fully saturated rings. The van der Waals surface area contributed by atoms with Gasteiger partial charge in [-0.25, -0.2) is 4.98 Å². The van der Waals surface area contributed by atoms with Gasteiger partial charge in [-0.3, -0.25) is 4.79 Å². The van der Waals surface area contributed by atoms with Crippen molar-refractivity contribution in [2.24, 2.45) is 0 Å². The van der Waals surface area contributed by atoms with Gasteiger partial charge in [0.2, 0.25) is 18.6 Å². The average Bonchev–Trinajstić information content (AvgIpc) is 3.24. The SMILES string of the molecule is Cc1ccc(Nc2cc(C)nc(NCCNC(=O)/C=C/c3ccc4c(c3)OCO4)n2)cc1. The van der Waals surface area contributed by atoms with Gasteiger partial charge in [0.15, 0.2) is 11.5 Å². The highest BCUT2D eigenvalue weighted by Crippen LogP contribution is 2.32. The fourth-order valence-electron chi connectivity index (χ4n) is 3.10. The maximum atomic E-state index is 12.1. The van der Waals surface area contributed by atoms with E-state index in [0.717, 1.165) is 16.9 Å². The predicted molar refractivity (Wildman–Crippen MR) is 124 cm³/mol. The molecule has 1 aliphatic rings. The second kappa shape index (κ2) is 9.82. The molecule has 0 unspecified atom stereocenters. The lowest BCUT2D eigenvalue weighted by Gasteiger charge is -2.10. The first-order valence-corrected chi connectivity index (χ1v) is 10.3. The number of amides is 1. The average molecular weight is 431 g/mol. The van der Waals surface area contributed by atoms with Crippen molar-refractivity contribution in [2.45, 2.75) is 13.8 Å². The van der Waals surface area contributed by atoms with E-state index in [-0.39, 0.29) is 12.7 Å². The van der Waals surface area contributed by atoms with E-state index in [9.17, 15) is 4.79 Å². The summed E-state index contributed by atoms with van der Waals surface area (Å²) in [6.07, 6.45) is 3.22. The molecule has 0 aliphatic carbocycles. The van der Waals surface area contributed by atoms with Crippen LogP contribution in [0.15, 0.2) is 54.6 Å². The zero-order valence-corrected chi connectivity index (χ0v) is 18.0. The number of hydrogen-bond acceptors (Lipinski definition) is 7. The van der Waals surface area contributed by atoms with Gasteiger partial charge < -0.3 is 25.4 Å². The second-order valence-corrected chi connectivity index (χ2v) is 7.37. The lowest BCUT2D eigenvalue weighted by molar-refractivity contribution is -0.116. The van der Waals surface area contributed by atoms with Crippen LogP contribution >= 0.6 is 0 Å². The van der Waals surface area contributed by atoms with E-state index >= 15 is 0 Å². The van der Waals surface area contributed by atoms with Crippen molar-refractivity contribution in [3.05, 3.63) is 71.4 Å². The van der Waals surface area contributed by atoms with E-state index in [0.29, 0.717) is 36.4 Å². The van der Waals surface area contributed by atoms with Crippen LogP contribution in [0.3, 0.4) is 0 Å². The smallest absolute Gasteiger partial charge is 0.244 e. The number of carbonyl (C=O) groups is 1. The first-order valence-electron chi connectivity index (χ1n) is 10.3. The molecule has 2 aromatic carbocycles. The summed E-state index contributed by atoms with van der Waals surface area (Å²) < 4.78 is 10.6. The second-order valence-electron chi connectivity index (χ2n) is 7.37. The number of rotatable bonds is 8. The molecule has 3 N–H and O–H groups in total. The van der Waals surface area contributed by atoms with Crippen LogP contribution in [0.1, 0.15) is 16.8 Å². The number of anilines is 3. The Morgan fingerprint density at radius 1 is 1.00 bits per heavy atom. The molecule has 0 atom stereocenters. The Morgan fingerprint density at radius 2 is 1.81 bits per heavy atom. The van der Waals surface area contributed by atoms with Crippen molar-refractivity contribution in [1.82, 2.24) is 15.3 Å². The number of aryl methyl sites for hydroxylation is 2. The maximum Gasteiger partial charge on any atom is 0.244 e. The lowest BCUT2D eigenvalue weighted by Crippen LogP contribution is -2.27. The maximum absolute atomic E-state index is 12.1. The minimum absolute atomic E-state index is 0.184. The molecule has 4 rings (SSSR count). The minimum Gasteiger partial charge on any atom is -0.454 e. The van der Waals surface area contributed by atoms with E-state index in [1.54, 1.807) is 6.08 Å². The van der Waals surface area contributed by atoms with Gasteiger partial charge in [0, 0.05) is 36.6 Å². The Bertz CT molecular complexity index is 1130. The predicted octanol–water partition coefficient (Wildman–Crippen LogP) is 3.81. The highest BCUT2D eigenvalue weighted by Gasteiger charge is 2.12. The molecular weight excluding hydrogens is 406 g/mol. The molecule has 164 valence electrons. The molecule has 2 heterocycles. The van der Waals surface area contributed by atoms with E-state index in [4.69, 9.17) is 9.47 Å². The monoisotopic (exact) mass is 431 g/mol. The van der Waals surface area contributed by atoms with Crippen molar-refractivity contribution < 1.29 is 14.3 Å². The first-order chi connectivity index (χ1) is 15.5. The third-order valence-corrected chi connectivity index (χ3v) is 4.71. The molecule has 0 saturated heterocycles. The van der Waals surface area contributed by atoms with E-state index < -0.39 is 0 Å². The van der Waals surface area contributed by atoms with Crippen LogP contribution in [0.5, 0.6) is 11.5 Å². The largest absolute Gasteiger partial charge is 0.454 e. The number of hydrogen-bond donors (Lipinski definition) is 3. The third-order valence-electron chi connectivity index (χ3n) is 4.71. The van der Waals surface area contributed by atoms with E-state index in [1.807, 2.05) is 62.4 Å². The minimum atomic E-state index is -0.184. The molecule has 3 aromatic rings. The highest BCUT2D eigenvalue weighted by molar-refractivity contribution is 5.91. The van der Waals surface area contributed by atoms with Crippen molar-refractivity contribution in [3.63, 3.8) is 0 Å². The molecule has 8 heteroatoms. The summed E-state index contributed by atoms with van der Waals surface area (Å²) in [6.45, 7) is 5.12. The lowest BCUT2D eigenvalue weighted by atomic mass is 10.2. The normalized spacial score (nSPS) is 12.1. The topological polar surface area (TPSA) is 97.4 Å². The Morgan fingerprint density at radius 3 is 2.66 bits per heavy atom. The zero-order valence-electron chi connectivity index (χ0n) is 18.0. The standard InChI is InChI=1S/C24H25N5O3/c1-16-3-7-19(8-4-16)28-22-13-17(2)27-24(29-22)26-12-11-25-23(30)10-6-18-5-9-20-21(14-18)32-15-31-20/h3-10,13-14H,11-12,15H2,1-2H3,(H,25,30)(H2,26,27,28,29)/b10-6+. The van der Waals surface area contributed by atoms with Crippen LogP contribution in [0.25, 0.3) is 6.08 Å². The number of nitrogens with zero attached hydrogens (tertiary/aromatic N) is 2. The molecule has 8 nitrogen and oxygen atoms in total. The van der Waals surface area contributed by atoms with Gasteiger partial charge in [-0.2, -0.15) is 4.98 Å². The Kier molecular flexibility index (Phi) is 6.50. The first kappa shape index (κ1) is 21.2. The summed E-state index contributed by atoms with van der Waals surface area (Å²) in [7, 11) is 0. The fraction of sp³-hybridized carbons (Fsp3) is 0.208. The fourth-order valence-corrected chi connectivity index (χ4v) is 3.10. The van der Waals surface area contributed by atoms with Crippen LogP contribution in [0.2, 0.25) is 0 Å². The summed E-state index contributed by atoms with van der Waals surface area (Å²) in [5, 5.41) is 9.26. The number of aromatic nitrogens is 2. The molecule has 1 aliphatic heterocycles. The third kappa shape index (κ3) is 5.75. The van der Waals surface area contributed by atoms with Gasteiger partial charge in [-0.15, -0.1) is 0 Å². The van der Waals surface area contributed by atoms with Crippen molar-refractivity contribution >= 4 is 29.4 Å². The van der Waals surface area contributed by atoms with Crippen LogP contribution in [0.4, 0.5) is 17.5 Å². The van der Waals surface area contributed by atoms with Gasteiger partial charge >= 0.3 is 0 Å². The Labute approximate surface area is 186 Å². The summed E-state index contributed by atoms with van der Waals surface area (Å²) in [6, 6.07) is 15.5. The number of fused-ring (bicyclic) bond motifs is 1. The molecule has 1 amide bonds. The summed E-state index contributed by atoms with van der Waals surface area (Å²) >= 11 is 0. The molecule has 0 spiro atoms. The molecule has 0 saturated carbocycles. The molecule has 0 bridgehead atoms. The number of carbonyl (C=O) groups excluding carboxylic acids is 1. The van der Waals surface area contributed by atoms with Gasteiger partial charge in [-0.1, -0.05) is 23.8 Å². The quantitative estimate of drug-likeness (QED) is 0.369.